The lowest BCUT2D eigenvalue weighted by molar-refractivity contribution is -0.148. The topological polar surface area (TPSA) is 88.6 Å². The van der Waals surface area contributed by atoms with E-state index in [2.05, 4.69) is 10.3 Å². The van der Waals surface area contributed by atoms with Crippen LogP contribution in [0, 0.1) is 0 Å². The number of rotatable bonds is 6. The summed E-state index contributed by atoms with van der Waals surface area (Å²) in [4.78, 5) is 41.8. The highest BCUT2D eigenvalue weighted by molar-refractivity contribution is 7.14. The van der Waals surface area contributed by atoms with Crippen LogP contribution in [0.2, 0.25) is 0 Å². The van der Waals surface area contributed by atoms with Crippen molar-refractivity contribution in [2.45, 2.75) is 70.3 Å². The van der Waals surface area contributed by atoms with Gasteiger partial charge in [-0.15, -0.1) is 11.3 Å². The fourth-order valence-electron chi connectivity index (χ4n) is 3.57. The number of esters is 1. The fourth-order valence-corrected chi connectivity index (χ4v) is 4.43. The second-order valence-electron chi connectivity index (χ2n) is 7.22. The third-order valence-corrected chi connectivity index (χ3v) is 5.92. The molecule has 1 aromatic heterocycles. The van der Waals surface area contributed by atoms with Crippen LogP contribution >= 0.6 is 11.3 Å². The van der Waals surface area contributed by atoms with Gasteiger partial charge in [0.05, 0.1) is 12.1 Å². The van der Waals surface area contributed by atoms with Crippen molar-refractivity contribution in [2.75, 3.05) is 18.1 Å². The smallest absolute Gasteiger partial charge is 0.312 e. The first kappa shape index (κ1) is 19.8. The summed E-state index contributed by atoms with van der Waals surface area (Å²) in [6.45, 7) is 0.425. The number of anilines is 1. The van der Waals surface area contributed by atoms with E-state index in [1.54, 1.807) is 10.3 Å². The zero-order valence-corrected chi connectivity index (χ0v) is 16.4. The summed E-state index contributed by atoms with van der Waals surface area (Å²) in [5.74, 6) is -0.646. The average Bonchev–Trinajstić information content (AvgIpc) is 3.24. The van der Waals surface area contributed by atoms with E-state index in [9.17, 15) is 14.4 Å². The number of ether oxygens (including phenoxy) is 1. The van der Waals surface area contributed by atoms with Gasteiger partial charge in [-0.05, 0) is 19.3 Å². The van der Waals surface area contributed by atoms with Gasteiger partial charge in [0, 0.05) is 24.4 Å². The Balaban J connectivity index is 1.39. The van der Waals surface area contributed by atoms with Gasteiger partial charge in [0.1, 0.15) is 0 Å². The molecule has 2 amide bonds. The van der Waals surface area contributed by atoms with E-state index in [0.29, 0.717) is 23.8 Å². The van der Waals surface area contributed by atoms with Gasteiger partial charge in [0.15, 0.2) is 11.7 Å². The van der Waals surface area contributed by atoms with Crippen LogP contribution in [0.25, 0.3) is 0 Å². The average molecular weight is 394 g/mol. The molecule has 8 heteroatoms. The number of carbonyl (C=O) groups is 3. The van der Waals surface area contributed by atoms with Crippen molar-refractivity contribution in [2.24, 2.45) is 0 Å². The molecule has 148 valence electrons. The first-order valence-corrected chi connectivity index (χ1v) is 10.7. The van der Waals surface area contributed by atoms with E-state index >= 15 is 0 Å². The number of amides is 2. The molecule has 1 saturated carbocycles. The van der Waals surface area contributed by atoms with Crippen molar-refractivity contribution in [1.29, 1.82) is 0 Å². The quantitative estimate of drug-likeness (QED) is 0.751. The van der Waals surface area contributed by atoms with Gasteiger partial charge in [0.2, 0.25) is 5.91 Å². The van der Waals surface area contributed by atoms with Gasteiger partial charge >= 0.3 is 5.97 Å². The SMILES string of the molecule is O=C(COC(=O)Cc1csc(N2CCCC2=O)n1)NC1CCCCCCC1. The van der Waals surface area contributed by atoms with Crippen LogP contribution < -0.4 is 10.2 Å². The summed E-state index contributed by atoms with van der Waals surface area (Å²) in [6.07, 6.45) is 9.39. The summed E-state index contributed by atoms with van der Waals surface area (Å²) in [7, 11) is 0. The molecule has 1 N–H and O–H groups in total. The highest BCUT2D eigenvalue weighted by Gasteiger charge is 2.24. The lowest BCUT2D eigenvalue weighted by Crippen LogP contribution is -2.38. The molecule has 1 saturated heterocycles. The van der Waals surface area contributed by atoms with Crippen LogP contribution in [0.1, 0.15) is 63.5 Å². The number of carbonyl (C=O) groups excluding carboxylic acids is 3. The predicted octanol–water partition coefficient (Wildman–Crippen LogP) is 2.58. The van der Waals surface area contributed by atoms with Gasteiger partial charge in [-0.3, -0.25) is 19.3 Å². The normalized spacial score (nSPS) is 18.8. The van der Waals surface area contributed by atoms with Crippen molar-refractivity contribution < 1.29 is 19.1 Å². The van der Waals surface area contributed by atoms with Crippen LogP contribution in [0.15, 0.2) is 5.38 Å². The Morgan fingerprint density at radius 3 is 2.63 bits per heavy atom. The van der Waals surface area contributed by atoms with Gasteiger partial charge < -0.3 is 10.1 Å². The molecule has 3 rings (SSSR count). The van der Waals surface area contributed by atoms with Crippen molar-refractivity contribution in [3.05, 3.63) is 11.1 Å². The molecule has 0 bridgehead atoms. The summed E-state index contributed by atoms with van der Waals surface area (Å²) in [6, 6.07) is 0.190. The monoisotopic (exact) mass is 393 g/mol. The second kappa shape index (κ2) is 9.82. The van der Waals surface area contributed by atoms with E-state index in [4.69, 9.17) is 4.74 Å². The molecule has 2 aliphatic rings. The third kappa shape index (κ3) is 6.02. The van der Waals surface area contributed by atoms with E-state index in [0.717, 1.165) is 32.1 Å². The Hall–Kier alpha value is -1.96. The molecule has 1 aliphatic heterocycles. The molecule has 7 nitrogen and oxygen atoms in total. The Bertz CT molecular complexity index is 668. The van der Waals surface area contributed by atoms with E-state index in [-0.39, 0.29) is 30.9 Å². The maximum atomic E-state index is 12.0. The molecule has 0 atom stereocenters. The number of nitrogens with zero attached hydrogens (tertiary/aromatic N) is 2. The van der Waals surface area contributed by atoms with Gasteiger partial charge in [-0.1, -0.05) is 32.1 Å². The van der Waals surface area contributed by atoms with Gasteiger partial charge in [-0.25, -0.2) is 4.98 Å². The van der Waals surface area contributed by atoms with Crippen molar-refractivity contribution in [3.63, 3.8) is 0 Å². The number of aromatic nitrogens is 1. The molecule has 2 fully saturated rings. The molecule has 2 heterocycles. The van der Waals surface area contributed by atoms with Crippen molar-refractivity contribution >= 4 is 34.3 Å². The molecular formula is C19H27N3O4S. The predicted molar refractivity (Wildman–Crippen MR) is 103 cm³/mol. The zero-order chi connectivity index (χ0) is 19.1. The van der Waals surface area contributed by atoms with Crippen LogP contribution in [-0.4, -0.2) is 42.0 Å². The highest BCUT2D eigenvalue weighted by atomic mass is 32.1. The number of hydrogen-bond acceptors (Lipinski definition) is 6. The van der Waals surface area contributed by atoms with E-state index in [1.807, 2.05) is 0 Å². The van der Waals surface area contributed by atoms with E-state index < -0.39 is 5.97 Å². The minimum absolute atomic E-state index is 0.00917. The largest absolute Gasteiger partial charge is 0.455 e. The second-order valence-corrected chi connectivity index (χ2v) is 8.05. The standard InChI is InChI=1S/C19H27N3O4S/c23-16(20-14-7-4-2-1-3-5-8-14)12-26-18(25)11-15-13-27-19(21-15)22-10-6-9-17(22)24/h13-14H,1-12H2,(H,20,23). The fraction of sp³-hybridized carbons (Fsp3) is 0.684. The number of thiazole rings is 1. The first-order valence-electron chi connectivity index (χ1n) is 9.81. The van der Waals surface area contributed by atoms with Crippen LogP contribution in [0.5, 0.6) is 0 Å². The summed E-state index contributed by atoms with van der Waals surface area (Å²) in [5.41, 5.74) is 0.570. The Kier molecular flexibility index (Phi) is 7.20. The molecule has 0 unspecified atom stereocenters. The van der Waals surface area contributed by atoms with Gasteiger partial charge in [0.25, 0.3) is 5.91 Å². The third-order valence-electron chi connectivity index (χ3n) is 5.00. The zero-order valence-electron chi connectivity index (χ0n) is 15.6. The Labute approximate surface area is 163 Å². The molecule has 0 spiro atoms. The maximum absolute atomic E-state index is 12.0. The lowest BCUT2D eigenvalue weighted by Gasteiger charge is -2.20. The Morgan fingerprint density at radius 2 is 1.93 bits per heavy atom. The molecule has 1 aliphatic carbocycles. The highest BCUT2D eigenvalue weighted by Crippen LogP contribution is 2.25. The van der Waals surface area contributed by atoms with E-state index in [1.165, 1.54) is 30.6 Å². The Morgan fingerprint density at radius 1 is 1.19 bits per heavy atom. The van der Waals surface area contributed by atoms with Crippen molar-refractivity contribution in [3.8, 4) is 0 Å². The molecule has 0 aromatic carbocycles. The molecule has 27 heavy (non-hydrogen) atoms. The van der Waals surface area contributed by atoms with Crippen LogP contribution in [0.3, 0.4) is 0 Å². The first-order chi connectivity index (χ1) is 13.1. The minimum Gasteiger partial charge on any atom is -0.455 e. The number of nitrogens with one attached hydrogen (secondary N) is 1. The maximum Gasteiger partial charge on any atom is 0.312 e. The molecule has 1 aromatic rings. The number of hydrogen-bond donors (Lipinski definition) is 1. The summed E-state index contributed by atoms with van der Waals surface area (Å²) < 4.78 is 5.09. The summed E-state index contributed by atoms with van der Waals surface area (Å²) in [5, 5.41) is 5.37. The molecular weight excluding hydrogens is 366 g/mol. The minimum atomic E-state index is -0.479. The van der Waals surface area contributed by atoms with Crippen LogP contribution in [0.4, 0.5) is 5.13 Å². The van der Waals surface area contributed by atoms with Gasteiger partial charge in [-0.2, -0.15) is 0 Å². The molecule has 0 radical (unpaired) electrons. The lowest BCUT2D eigenvalue weighted by atomic mass is 9.97. The van der Waals surface area contributed by atoms with Crippen LogP contribution in [-0.2, 0) is 25.5 Å². The van der Waals surface area contributed by atoms with Crippen molar-refractivity contribution in [1.82, 2.24) is 10.3 Å². The summed E-state index contributed by atoms with van der Waals surface area (Å²) >= 11 is 1.35.